The van der Waals surface area contributed by atoms with Crippen molar-refractivity contribution in [1.29, 1.82) is 0 Å². The number of nitrogens with one attached hydrogen (secondary N) is 2. The largest absolute Gasteiger partial charge is 0.464 e. The molecule has 33 heavy (non-hydrogen) atoms. The van der Waals surface area contributed by atoms with Gasteiger partial charge in [0.05, 0.1) is 22.1 Å². The Bertz CT molecular complexity index is 1160. The van der Waals surface area contributed by atoms with Gasteiger partial charge < -0.3 is 14.6 Å². The third kappa shape index (κ3) is 8.03. The molecular formula is C20H31N5O5S3. The lowest BCUT2D eigenvalue weighted by Crippen LogP contribution is -2.41. The molecule has 0 saturated carbocycles. The SMILES string of the molecule is CN=C(NCCSCc1ccc(CN(C)C)o1)NS(=O)(=O)c1cccc(S(=O)(=O)N(C)C)c1. The first-order valence-electron chi connectivity index (χ1n) is 10.0. The molecule has 0 amide bonds. The molecule has 2 aromatic rings. The summed E-state index contributed by atoms with van der Waals surface area (Å²) >= 11 is 1.64. The summed E-state index contributed by atoms with van der Waals surface area (Å²) in [5.41, 5.74) is 0. The Kier molecular flexibility index (Phi) is 9.79. The highest BCUT2D eigenvalue weighted by molar-refractivity contribution is 7.98. The molecule has 0 aliphatic rings. The number of aliphatic imine (C=N–C) groups is 1. The molecule has 184 valence electrons. The quantitative estimate of drug-likeness (QED) is 0.260. The van der Waals surface area contributed by atoms with Crippen molar-refractivity contribution in [2.45, 2.75) is 22.1 Å². The number of furan rings is 1. The molecule has 2 rings (SSSR count). The summed E-state index contributed by atoms with van der Waals surface area (Å²) in [5, 5.41) is 2.95. The summed E-state index contributed by atoms with van der Waals surface area (Å²) in [6.07, 6.45) is 0. The normalized spacial score (nSPS) is 13.0. The van der Waals surface area contributed by atoms with Gasteiger partial charge >= 0.3 is 0 Å². The van der Waals surface area contributed by atoms with Crippen LogP contribution in [0.4, 0.5) is 0 Å². The summed E-state index contributed by atoms with van der Waals surface area (Å²) in [6, 6.07) is 9.10. The highest BCUT2D eigenvalue weighted by atomic mass is 32.2. The van der Waals surface area contributed by atoms with Crippen molar-refractivity contribution < 1.29 is 21.3 Å². The second kappa shape index (κ2) is 11.9. The van der Waals surface area contributed by atoms with Gasteiger partial charge in [0.2, 0.25) is 16.0 Å². The molecule has 0 unspecified atom stereocenters. The molecule has 1 aromatic heterocycles. The number of sulfonamides is 2. The lowest BCUT2D eigenvalue weighted by molar-refractivity contribution is 0.344. The van der Waals surface area contributed by atoms with Crippen LogP contribution in [0.2, 0.25) is 0 Å². The summed E-state index contributed by atoms with van der Waals surface area (Å²) in [5.74, 6) is 3.26. The van der Waals surface area contributed by atoms with Crippen molar-refractivity contribution in [3.05, 3.63) is 47.9 Å². The van der Waals surface area contributed by atoms with Crippen molar-refractivity contribution >= 4 is 37.8 Å². The number of nitrogens with zero attached hydrogens (tertiary/aromatic N) is 3. The smallest absolute Gasteiger partial charge is 0.264 e. The third-order valence-electron chi connectivity index (χ3n) is 4.32. The van der Waals surface area contributed by atoms with E-state index < -0.39 is 20.0 Å². The molecule has 0 aliphatic carbocycles. The average molecular weight is 518 g/mol. The maximum Gasteiger partial charge on any atom is 0.264 e. The van der Waals surface area contributed by atoms with Crippen molar-refractivity contribution in [2.75, 3.05) is 47.5 Å². The van der Waals surface area contributed by atoms with Crippen LogP contribution >= 0.6 is 11.8 Å². The van der Waals surface area contributed by atoms with Crippen LogP contribution in [0.5, 0.6) is 0 Å². The van der Waals surface area contributed by atoms with Crippen LogP contribution in [-0.4, -0.2) is 79.5 Å². The average Bonchev–Trinajstić information content (AvgIpc) is 3.18. The molecule has 1 heterocycles. The molecule has 0 atom stereocenters. The Morgan fingerprint density at radius 1 is 1.03 bits per heavy atom. The third-order valence-corrected chi connectivity index (χ3v) is 8.45. The van der Waals surface area contributed by atoms with E-state index in [1.807, 2.05) is 31.1 Å². The number of hydrogen-bond acceptors (Lipinski definition) is 8. The van der Waals surface area contributed by atoms with Gasteiger partial charge in [-0.05, 0) is 44.4 Å². The van der Waals surface area contributed by atoms with E-state index in [2.05, 4.69) is 15.0 Å². The molecule has 1 aromatic carbocycles. The fraction of sp³-hybridized carbons (Fsp3) is 0.450. The maximum absolute atomic E-state index is 12.7. The van der Waals surface area contributed by atoms with Gasteiger partial charge in [0.15, 0.2) is 0 Å². The minimum atomic E-state index is -4.03. The van der Waals surface area contributed by atoms with Crippen molar-refractivity contribution in [1.82, 2.24) is 19.2 Å². The van der Waals surface area contributed by atoms with Crippen LogP contribution in [-0.2, 0) is 32.3 Å². The molecule has 10 nitrogen and oxygen atoms in total. The predicted octanol–water partition coefficient (Wildman–Crippen LogP) is 1.38. The van der Waals surface area contributed by atoms with Crippen LogP contribution < -0.4 is 10.0 Å². The number of hydrogen-bond donors (Lipinski definition) is 2. The Morgan fingerprint density at radius 3 is 2.33 bits per heavy atom. The zero-order valence-corrected chi connectivity index (χ0v) is 21.8. The van der Waals surface area contributed by atoms with E-state index in [1.54, 1.807) is 11.8 Å². The lowest BCUT2D eigenvalue weighted by Gasteiger charge is -2.14. The monoisotopic (exact) mass is 517 g/mol. The van der Waals surface area contributed by atoms with Gasteiger partial charge in [-0.3, -0.25) is 4.99 Å². The van der Waals surface area contributed by atoms with Gasteiger partial charge in [-0.1, -0.05) is 6.07 Å². The summed E-state index contributed by atoms with van der Waals surface area (Å²) in [7, 11) is 0.395. The first-order valence-corrected chi connectivity index (χ1v) is 14.1. The second-order valence-electron chi connectivity index (χ2n) is 7.53. The van der Waals surface area contributed by atoms with Crippen LogP contribution in [0.3, 0.4) is 0 Å². The van der Waals surface area contributed by atoms with Crippen molar-refractivity contribution in [2.24, 2.45) is 4.99 Å². The van der Waals surface area contributed by atoms with Crippen LogP contribution in [0, 0.1) is 0 Å². The summed E-state index contributed by atoms with van der Waals surface area (Å²) in [4.78, 5) is 5.69. The zero-order valence-electron chi connectivity index (χ0n) is 19.4. The van der Waals surface area contributed by atoms with E-state index in [-0.39, 0.29) is 15.8 Å². The van der Waals surface area contributed by atoms with Crippen LogP contribution in [0.15, 0.2) is 55.6 Å². The first-order chi connectivity index (χ1) is 15.5. The van der Waals surface area contributed by atoms with E-state index in [9.17, 15) is 16.8 Å². The minimum absolute atomic E-state index is 0.0720. The fourth-order valence-electron chi connectivity index (χ4n) is 2.67. The molecule has 0 bridgehead atoms. The van der Waals surface area contributed by atoms with Gasteiger partial charge in [0.25, 0.3) is 10.0 Å². The molecule has 0 saturated heterocycles. The minimum Gasteiger partial charge on any atom is -0.464 e. The zero-order chi connectivity index (χ0) is 24.6. The van der Waals surface area contributed by atoms with Crippen molar-refractivity contribution in [3.63, 3.8) is 0 Å². The Balaban J connectivity index is 1.89. The highest BCUT2D eigenvalue weighted by Crippen LogP contribution is 2.18. The number of rotatable bonds is 11. The first kappa shape index (κ1) is 27.2. The number of thioether (sulfide) groups is 1. The van der Waals surface area contributed by atoms with E-state index >= 15 is 0 Å². The molecule has 0 aliphatic heterocycles. The molecule has 0 spiro atoms. The Hall–Kier alpha value is -2.06. The number of guanidine groups is 1. The van der Waals surface area contributed by atoms with E-state index in [4.69, 9.17) is 4.42 Å². The lowest BCUT2D eigenvalue weighted by atomic mass is 10.4. The molecule has 0 radical (unpaired) electrons. The van der Waals surface area contributed by atoms with Crippen LogP contribution in [0.25, 0.3) is 0 Å². The fourth-order valence-corrected chi connectivity index (χ4v) is 5.52. The topological polar surface area (TPSA) is 124 Å². The Labute approximate surface area is 200 Å². The molecule has 0 fully saturated rings. The van der Waals surface area contributed by atoms with E-state index in [1.165, 1.54) is 39.3 Å². The number of benzene rings is 1. The molecular weight excluding hydrogens is 486 g/mol. The second-order valence-corrected chi connectivity index (χ2v) is 12.5. The maximum atomic E-state index is 12.7. The van der Waals surface area contributed by atoms with Gasteiger partial charge in [-0.25, -0.2) is 25.9 Å². The predicted molar refractivity (Wildman–Crippen MR) is 131 cm³/mol. The van der Waals surface area contributed by atoms with E-state index in [0.717, 1.165) is 28.4 Å². The summed E-state index contributed by atoms with van der Waals surface area (Å²) in [6.45, 7) is 1.22. The summed E-state index contributed by atoms with van der Waals surface area (Å²) < 4.78 is 59.3. The molecule has 2 N–H and O–H groups in total. The van der Waals surface area contributed by atoms with Gasteiger partial charge in [-0.2, -0.15) is 11.8 Å². The van der Waals surface area contributed by atoms with Gasteiger partial charge in [0, 0.05) is 33.4 Å². The van der Waals surface area contributed by atoms with Gasteiger partial charge in [-0.15, -0.1) is 0 Å². The van der Waals surface area contributed by atoms with E-state index in [0.29, 0.717) is 18.1 Å². The van der Waals surface area contributed by atoms with Crippen LogP contribution in [0.1, 0.15) is 11.5 Å². The van der Waals surface area contributed by atoms with Gasteiger partial charge in [0.1, 0.15) is 11.5 Å². The standard InChI is InChI=1S/C20H31N5O5S3/c1-21-20(22-11-12-31-15-17-10-9-16(30-17)14-24(2)3)23-32(26,27)18-7-6-8-19(13-18)33(28,29)25(4)5/h6-10,13H,11-12,14-15H2,1-5H3,(H2,21,22,23). The highest BCUT2D eigenvalue weighted by Gasteiger charge is 2.22. The Morgan fingerprint density at radius 2 is 1.70 bits per heavy atom. The van der Waals surface area contributed by atoms with Crippen molar-refractivity contribution in [3.8, 4) is 0 Å². The molecule has 13 heteroatoms.